The highest BCUT2D eigenvalue weighted by Crippen LogP contribution is 2.12. The SMILES string of the molecule is C=C(C=C(C)C)c1cn[nH]c1. The van der Waals surface area contributed by atoms with Gasteiger partial charge in [-0.1, -0.05) is 18.2 Å². The number of aromatic amines is 1. The first-order valence-electron chi connectivity index (χ1n) is 3.53. The van der Waals surface area contributed by atoms with Crippen LogP contribution < -0.4 is 0 Å². The minimum Gasteiger partial charge on any atom is -0.285 e. The van der Waals surface area contributed by atoms with Crippen molar-refractivity contribution in [1.82, 2.24) is 10.2 Å². The Morgan fingerprint density at radius 3 is 2.82 bits per heavy atom. The van der Waals surface area contributed by atoms with E-state index in [1.165, 1.54) is 5.57 Å². The third-order valence-electron chi connectivity index (χ3n) is 1.33. The quantitative estimate of drug-likeness (QED) is 0.641. The summed E-state index contributed by atoms with van der Waals surface area (Å²) in [5.74, 6) is 0. The lowest BCUT2D eigenvalue weighted by Crippen LogP contribution is -1.74. The standard InChI is InChI=1S/C9H12N2/c1-7(2)4-8(3)9-5-10-11-6-9/h4-6H,3H2,1-2H3,(H,10,11). The first-order valence-corrected chi connectivity index (χ1v) is 3.53. The van der Waals surface area contributed by atoms with E-state index in [1.54, 1.807) is 6.20 Å². The Morgan fingerprint density at radius 1 is 1.64 bits per heavy atom. The maximum absolute atomic E-state index is 3.90. The van der Waals surface area contributed by atoms with E-state index >= 15 is 0 Å². The molecule has 0 bridgehead atoms. The van der Waals surface area contributed by atoms with Gasteiger partial charge in [0.05, 0.1) is 6.20 Å². The Labute approximate surface area is 66.6 Å². The monoisotopic (exact) mass is 148 g/mol. The lowest BCUT2D eigenvalue weighted by Gasteiger charge is -1.94. The molecule has 0 unspecified atom stereocenters. The summed E-state index contributed by atoms with van der Waals surface area (Å²) in [6.45, 7) is 7.99. The number of hydrogen-bond donors (Lipinski definition) is 1. The van der Waals surface area contributed by atoms with E-state index in [0.29, 0.717) is 0 Å². The number of hydrogen-bond acceptors (Lipinski definition) is 1. The molecule has 0 spiro atoms. The van der Waals surface area contributed by atoms with Gasteiger partial charge in [0, 0.05) is 11.8 Å². The Kier molecular flexibility index (Phi) is 2.26. The van der Waals surface area contributed by atoms with Crippen molar-refractivity contribution >= 4 is 5.57 Å². The van der Waals surface area contributed by atoms with Crippen molar-refractivity contribution in [2.75, 3.05) is 0 Å². The highest BCUT2D eigenvalue weighted by atomic mass is 15.1. The number of allylic oxidation sites excluding steroid dienone is 3. The first-order chi connectivity index (χ1) is 5.20. The Morgan fingerprint density at radius 2 is 2.36 bits per heavy atom. The molecule has 0 radical (unpaired) electrons. The number of aromatic nitrogens is 2. The zero-order chi connectivity index (χ0) is 8.27. The van der Waals surface area contributed by atoms with Crippen molar-refractivity contribution in [3.8, 4) is 0 Å². The van der Waals surface area contributed by atoms with Crippen molar-refractivity contribution in [3.63, 3.8) is 0 Å². The molecule has 1 aromatic heterocycles. The van der Waals surface area contributed by atoms with Crippen LogP contribution in [0, 0.1) is 0 Å². The van der Waals surface area contributed by atoms with E-state index in [4.69, 9.17) is 0 Å². The van der Waals surface area contributed by atoms with Crippen LogP contribution in [0.5, 0.6) is 0 Å². The topological polar surface area (TPSA) is 28.7 Å². The molecular weight excluding hydrogens is 136 g/mol. The minimum absolute atomic E-state index is 0.999. The van der Waals surface area contributed by atoms with Gasteiger partial charge in [0.15, 0.2) is 0 Å². The van der Waals surface area contributed by atoms with Crippen LogP contribution in [0.4, 0.5) is 0 Å². The molecule has 1 N–H and O–H groups in total. The molecule has 0 saturated carbocycles. The first kappa shape index (κ1) is 7.79. The summed E-state index contributed by atoms with van der Waals surface area (Å²) in [4.78, 5) is 0. The molecule has 0 fully saturated rings. The molecule has 1 aromatic rings. The third kappa shape index (κ3) is 2.08. The highest BCUT2D eigenvalue weighted by Gasteiger charge is 1.94. The Bertz CT molecular complexity index is 264. The van der Waals surface area contributed by atoms with Gasteiger partial charge in [-0.05, 0) is 19.4 Å². The molecule has 1 rings (SSSR count). The molecule has 1 heterocycles. The van der Waals surface area contributed by atoms with Gasteiger partial charge in [-0.2, -0.15) is 5.10 Å². The van der Waals surface area contributed by atoms with Crippen LogP contribution in [0.25, 0.3) is 5.57 Å². The predicted molar refractivity (Wildman–Crippen MR) is 47.1 cm³/mol. The van der Waals surface area contributed by atoms with Gasteiger partial charge in [0.2, 0.25) is 0 Å². The molecule has 0 atom stereocenters. The summed E-state index contributed by atoms with van der Waals surface area (Å²) in [6, 6.07) is 0. The van der Waals surface area contributed by atoms with Crippen molar-refractivity contribution < 1.29 is 0 Å². The van der Waals surface area contributed by atoms with Crippen LogP contribution in [0.3, 0.4) is 0 Å². The molecule has 58 valence electrons. The van der Waals surface area contributed by atoms with Crippen LogP contribution >= 0.6 is 0 Å². The van der Waals surface area contributed by atoms with E-state index < -0.39 is 0 Å². The molecule has 0 saturated heterocycles. The fraction of sp³-hybridized carbons (Fsp3) is 0.222. The summed E-state index contributed by atoms with van der Waals surface area (Å²) < 4.78 is 0. The van der Waals surface area contributed by atoms with Crippen LogP contribution in [0.2, 0.25) is 0 Å². The van der Waals surface area contributed by atoms with Gasteiger partial charge in [-0.3, -0.25) is 5.10 Å². The fourth-order valence-electron chi connectivity index (χ4n) is 0.858. The van der Waals surface area contributed by atoms with Gasteiger partial charge in [-0.25, -0.2) is 0 Å². The van der Waals surface area contributed by atoms with Gasteiger partial charge in [0.1, 0.15) is 0 Å². The third-order valence-corrected chi connectivity index (χ3v) is 1.33. The molecule has 2 nitrogen and oxygen atoms in total. The molecule has 0 aliphatic carbocycles. The van der Waals surface area contributed by atoms with Gasteiger partial charge >= 0.3 is 0 Å². The summed E-state index contributed by atoms with van der Waals surface area (Å²) in [6.07, 6.45) is 5.63. The number of nitrogens with one attached hydrogen (secondary N) is 1. The predicted octanol–water partition coefficient (Wildman–Crippen LogP) is 2.39. The van der Waals surface area contributed by atoms with E-state index in [9.17, 15) is 0 Å². The van der Waals surface area contributed by atoms with Crippen molar-refractivity contribution in [1.29, 1.82) is 0 Å². The number of nitrogens with zero attached hydrogens (tertiary/aromatic N) is 1. The van der Waals surface area contributed by atoms with Crippen molar-refractivity contribution in [2.24, 2.45) is 0 Å². The summed E-state index contributed by atoms with van der Waals surface area (Å²) >= 11 is 0. The fourth-order valence-corrected chi connectivity index (χ4v) is 0.858. The van der Waals surface area contributed by atoms with Crippen LogP contribution in [-0.4, -0.2) is 10.2 Å². The average Bonchev–Trinajstić information content (AvgIpc) is 2.35. The molecular formula is C9H12N2. The van der Waals surface area contributed by atoms with Gasteiger partial charge < -0.3 is 0 Å². The van der Waals surface area contributed by atoms with Gasteiger partial charge in [-0.15, -0.1) is 0 Å². The number of H-pyrrole nitrogens is 1. The maximum atomic E-state index is 3.90. The average molecular weight is 148 g/mol. The highest BCUT2D eigenvalue weighted by molar-refractivity contribution is 5.71. The molecule has 0 aliphatic heterocycles. The maximum Gasteiger partial charge on any atom is 0.0565 e. The molecule has 0 aromatic carbocycles. The van der Waals surface area contributed by atoms with Crippen molar-refractivity contribution in [2.45, 2.75) is 13.8 Å². The molecule has 0 aliphatic rings. The van der Waals surface area contributed by atoms with E-state index in [0.717, 1.165) is 11.1 Å². The van der Waals surface area contributed by atoms with Crippen molar-refractivity contribution in [3.05, 3.63) is 36.2 Å². The second kappa shape index (κ2) is 3.19. The van der Waals surface area contributed by atoms with Crippen LogP contribution in [0.15, 0.2) is 30.6 Å². The van der Waals surface area contributed by atoms with Gasteiger partial charge in [0.25, 0.3) is 0 Å². The van der Waals surface area contributed by atoms with Crippen LogP contribution in [-0.2, 0) is 0 Å². The second-order valence-electron chi connectivity index (χ2n) is 2.73. The smallest absolute Gasteiger partial charge is 0.0565 e. The summed E-state index contributed by atoms with van der Waals surface area (Å²) in [7, 11) is 0. The molecule has 11 heavy (non-hydrogen) atoms. The van der Waals surface area contributed by atoms with E-state index in [-0.39, 0.29) is 0 Å². The second-order valence-corrected chi connectivity index (χ2v) is 2.73. The largest absolute Gasteiger partial charge is 0.285 e. The summed E-state index contributed by atoms with van der Waals surface area (Å²) in [5.41, 5.74) is 3.29. The van der Waals surface area contributed by atoms with Crippen LogP contribution in [0.1, 0.15) is 19.4 Å². The Hall–Kier alpha value is -1.31. The lowest BCUT2D eigenvalue weighted by atomic mass is 10.1. The Balaban J connectivity index is 2.80. The molecule has 0 amide bonds. The zero-order valence-electron chi connectivity index (χ0n) is 6.89. The lowest BCUT2D eigenvalue weighted by molar-refractivity contribution is 1.09. The summed E-state index contributed by atoms with van der Waals surface area (Å²) in [5, 5.41) is 6.58. The molecule has 2 heteroatoms. The zero-order valence-corrected chi connectivity index (χ0v) is 6.89. The number of rotatable bonds is 2. The minimum atomic E-state index is 0.999. The normalized spacial score (nSPS) is 9.27. The van der Waals surface area contributed by atoms with E-state index in [1.807, 2.05) is 26.1 Å². The van der Waals surface area contributed by atoms with E-state index in [2.05, 4.69) is 16.8 Å².